The summed E-state index contributed by atoms with van der Waals surface area (Å²) in [5.74, 6) is -0.00115. The number of hydrogen-bond donors (Lipinski definition) is 3. The fraction of sp³-hybridized carbons (Fsp3) is 0.500. The molecule has 1 aromatic rings. The molecular formula is C22H29N3O2. The number of nitrogens with one attached hydrogen (secondary N) is 2. The zero-order valence-electron chi connectivity index (χ0n) is 16.8. The zero-order valence-corrected chi connectivity index (χ0v) is 16.8. The molecule has 2 aliphatic heterocycles. The number of aliphatic imine (C=N–C) groups is 1. The van der Waals surface area contributed by atoms with Gasteiger partial charge in [-0.15, -0.1) is 0 Å². The van der Waals surface area contributed by atoms with Gasteiger partial charge in [-0.05, 0) is 50.3 Å². The quantitative estimate of drug-likeness (QED) is 0.717. The highest BCUT2D eigenvalue weighted by Gasteiger charge is 2.46. The van der Waals surface area contributed by atoms with Crippen LogP contribution in [0.5, 0.6) is 0 Å². The molecule has 1 aromatic carbocycles. The van der Waals surface area contributed by atoms with Crippen molar-refractivity contribution < 1.29 is 9.94 Å². The Balaban J connectivity index is 1.93. The van der Waals surface area contributed by atoms with Gasteiger partial charge in [-0.1, -0.05) is 25.1 Å². The van der Waals surface area contributed by atoms with Gasteiger partial charge >= 0.3 is 0 Å². The molecule has 1 aliphatic carbocycles. The minimum absolute atomic E-state index is 0.0218. The van der Waals surface area contributed by atoms with Crippen molar-refractivity contribution in [2.45, 2.75) is 45.8 Å². The number of hydroxylamine groups is 1. The van der Waals surface area contributed by atoms with Crippen molar-refractivity contribution in [2.75, 3.05) is 19.0 Å². The van der Waals surface area contributed by atoms with Gasteiger partial charge in [0.2, 0.25) is 0 Å². The fourth-order valence-electron chi connectivity index (χ4n) is 4.80. The highest BCUT2D eigenvalue weighted by atomic mass is 16.6. The van der Waals surface area contributed by atoms with E-state index in [0.717, 1.165) is 35.5 Å². The third kappa shape index (κ3) is 2.80. The topological polar surface area (TPSA) is 65.9 Å². The molecule has 3 atom stereocenters. The average molecular weight is 367 g/mol. The first kappa shape index (κ1) is 18.3. The molecule has 0 bridgehead atoms. The van der Waals surface area contributed by atoms with Gasteiger partial charge in [0.1, 0.15) is 0 Å². The Morgan fingerprint density at radius 2 is 2.11 bits per heavy atom. The van der Waals surface area contributed by atoms with Crippen LogP contribution < -0.4 is 10.8 Å². The average Bonchev–Trinajstić information content (AvgIpc) is 3.11. The second-order valence-electron chi connectivity index (χ2n) is 8.41. The molecule has 0 aromatic heterocycles. The van der Waals surface area contributed by atoms with Crippen LogP contribution in [0.15, 0.2) is 40.5 Å². The Morgan fingerprint density at radius 3 is 2.85 bits per heavy atom. The number of aliphatic hydroxyl groups is 1. The van der Waals surface area contributed by atoms with Gasteiger partial charge in [0.05, 0.1) is 24.4 Å². The highest BCUT2D eigenvalue weighted by molar-refractivity contribution is 6.10. The van der Waals surface area contributed by atoms with E-state index in [4.69, 9.17) is 9.83 Å². The predicted molar refractivity (Wildman–Crippen MR) is 110 cm³/mol. The monoisotopic (exact) mass is 367 g/mol. The number of nitrogens with zero attached hydrogens (tertiary/aromatic N) is 1. The molecule has 0 amide bonds. The summed E-state index contributed by atoms with van der Waals surface area (Å²) in [5.41, 5.74) is 10.7. The smallest absolute Gasteiger partial charge is 0.0821 e. The summed E-state index contributed by atoms with van der Waals surface area (Å²) in [5, 5.41) is 14.4. The minimum atomic E-state index is -0.522. The van der Waals surface area contributed by atoms with Crippen LogP contribution in [0.25, 0.3) is 5.57 Å². The van der Waals surface area contributed by atoms with E-state index < -0.39 is 11.6 Å². The lowest BCUT2D eigenvalue weighted by atomic mass is 9.69. The summed E-state index contributed by atoms with van der Waals surface area (Å²) < 4.78 is 0. The first-order chi connectivity index (χ1) is 12.8. The third-order valence-electron chi connectivity index (χ3n) is 6.17. The third-order valence-corrected chi connectivity index (χ3v) is 6.17. The molecule has 0 saturated heterocycles. The van der Waals surface area contributed by atoms with E-state index in [1.54, 1.807) is 7.11 Å². The van der Waals surface area contributed by atoms with Crippen molar-refractivity contribution in [1.82, 2.24) is 5.48 Å². The summed E-state index contributed by atoms with van der Waals surface area (Å²) >= 11 is 0. The van der Waals surface area contributed by atoms with Crippen LogP contribution in [0.3, 0.4) is 0 Å². The number of anilines is 1. The molecule has 0 radical (unpaired) electrons. The second kappa shape index (κ2) is 6.50. The second-order valence-corrected chi connectivity index (χ2v) is 8.41. The standard InChI is InChI=1S/C22H29N3O2/c1-12-11-16(15-8-6-7-14-9-10-23-19(14)15)20(25-27-5)17-13(2)21(26)22(3,4)24-18(12)17/h6-8,11,13,17,21,23,25-26H,9-10H2,1-5H3/t13-,17?,21+/m0/s1. The maximum Gasteiger partial charge on any atom is 0.0821 e. The van der Waals surface area contributed by atoms with Gasteiger partial charge in [-0.2, -0.15) is 0 Å². The lowest BCUT2D eigenvalue weighted by Crippen LogP contribution is -2.51. The number of benzene rings is 1. The normalized spacial score (nSPS) is 28.7. The number of aliphatic hydroxyl groups excluding tert-OH is 1. The van der Waals surface area contributed by atoms with E-state index in [0.29, 0.717) is 0 Å². The molecule has 4 rings (SSSR count). The summed E-state index contributed by atoms with van der Waals surface area (Å²) in [6.45, 7) is 9.19. The van der Waals surface area contributed by atoms with Gasteiger partial charge in [-0.3, -0.25) is 15.3 Å². The number of fused-ring (bicyclic) bond motifs is 2. The number of para-hydroxylation sites is 1. The lowest BCUT2D eigenvalue weighted by Gasteiger charge is -2.44. The van der Waals surface area contributed by atoms with Crippen LogP contribution in [0.1, 0.15) is 38.8 Å². The van der Waals surface area contributed by atoms with Crippen LogP contribution in [-0.2, 0) is 11.3 Å². The van der Waals surface area contributed by atoms with Crippen molar-refractivity contribution in [1.29, 1.82) is 0 Å². The van der Waals surface area contributed by atoms with Gasteiger partial charge in [-0.25, -0.2) is 0 Å². The zero-order chi connectivity index (χ0) is 19.3. The van der Waals surface area contributed by atoms with Gasteiger partial charge in [0, 0.05) is 35.0 Å². The van der Waals surface area contributed by atoms with Crippen LogP contribution in [-0.4, -0.2) is 36.1 Å². The molecular weight excluding hydrogens is 338 g/mol. The van der Waals surface area contributed by atoms with Crippen molar-refractivity contribution in [3.8, 4) is 0 Å². The molecule has 3 aliphatic rings. The van der Waals surface area contributed by atoms with E-state index in [1.165, 1.54) is 16.8 Å². The first-order valence-electron chi connectivity index (χ1n) is 9.71. The number of rotatable bonds is 3. The van der Waals surface area contributed by atoms with E-state index in [9.17, 15) is 5.11 Å². The molecule has 5 heteroatoms. The molecule has 5 nitrogen and oxygen atoms in total. The molecule has 144 valence electrons. The van der Waals surface area contributed by atoms with Crippen LogP contribution in [0, 0.1) is 11.8 Å². The van der Waals surface area contributed by atoms with Crippen molar-refractivity contribution in [3.05, 3.63) is 46.7 Å². The van der Waals surface area contributed by atoms with Crippen LogP contribution >= 0.6 is 0 Å². The molecule has 0 fully saturated rings. The maximum absolute atomic E-state index is 10.9. The van der Waals surface area contributed by atoms with E-state index in [1.807, 2.05) is 13.8 Å². The first-order valence-corrected chi connectivity index (χ1v) is 9.71. The molecule has 3 N–H and O–H groups in total. The Hall–Kier alpha value is -2.11. The molecule has 0 spiro atoms. The lowest BCUT2D eigenvalue weighted by molar-refractivity contribution is 0.0294. The van der Waals surface area contributed by atoms with Crippen LogP contribution in [0.2, 0.25) is 0 Å². The van der Waals surface area contributed by atoms with Crippen molar-refractivity contribution >= 4 is 17.0 Å². The Bertz CT molecular complexity index is 866. The largest absolute Gasteiger partial charge is 0.390 e. The summed E-state index contributed by atoms with van der Waals surface area (Å²) in [4.78, 5) is 10.3. The van der Waals surface area contributed by atoms with Gasteiger partial charge in [0.15, 0.2) is 0 Å². The molecule has 27 heavy (non-hydrogen) atoms. The molecule has 2 heterocycles. The summed E-state index contributed by atoms with van der Waals surface area (Å²) in [7, 11) is 1.63. The number of hydrogen-bond acceptors (Lipinski definition) is 5. The Kier molecular flexibility index (Phi) is 4.40. The van der Waals surface area contributed by atoms with E-state index in [-0.39, 0.29) is 11.8 Å². The Morgan fingerprint density at radius 1 is 1.33 bits per heavy atom. The summed E-state index contributed by atoms with van der Waals surface area (Å²) in [6, 6.07) is 6.46. The molecule has 1 unspecified atom stereocenters. The summed E-state index contributed by atoms with van der Waals surface area (Å²) in [6.07, 6.45) is 2.73. The van der Waals surface area contributed by atoms with Gasteiger partial charge in [0.25, 0.3) is 0 Å². The van der Waals surface area contributed by atoms with Gasteiger partial charge < -0.3 is 10.4 Å². The maximum atomic E-state index is 10.9. The Labute approximate surface area is 161 Å². The van der Waals surface area contributed by atoms with E-state index in [2.05, 4.69) is 48.9 Å². The highest BCUT2D eigenvalue weighted by Crippen LogP contribution is 2.45. The predicted octanol–water partition coefficient (Wildman–Crippen LogP) is 3.32. The van der Waals surface area contributed by atoms with Crippen molar-refractivity contribution in [2.24, 2.45) is 16.8 Å². The minimum Gasteiger partial charge on any atom is -0.390 e. The van der Waals surface area contributed by atoms with Crippen molar-refractivity contribution in [3.63, 3.8) is 0 Å². The number of allylic oxidation sites excluding steroid dienone is 4. The van der Waals surface area contributed by atoms with E-state index >= 15 is 0 Å². The molecule has 0 saturated carbocycles. The van der Waals surface area contributed by atoms with Crippen LogP contribution in [0.4, 0.5) is 5.69 Å². The fourth-order valence-corrected chi connectivity index (χ4v) is 4.80. The SMILES string of the molecule is CONC1=C(c2cccc3c2NCC3)C=C(C)C2=NC(C)(C)[C@H](O)[C@@H](C)C21.